The van der Waals surface area contributed by atoms with Gasteiger partial charge in [0.1, 0.15) is 0 Å². The number of nitrogens with two attached hydrogens (primary N) is 1. The first kappa shape index (κ1) is 13.4. The van der Waals surface area contributed by atoms with Crippen molar-refractivity contribution in [3.63, 3.8) is 0 Å². The zero-order chi connectivity index (χ0) is 13.4. The van der Waals surface area contributed by atoms with E-state index in [-0.39, 0.29) is 11.9 Å². The third kappa shape index (κ3) is 2.38. The first-order valence-electron chi connectivity index (χ1n) is 6.28. The summed E-state index contributed by atoms with van der Waals surface area (Å²) in [5, 5.41) is 3.43. The molecule has 1 aromatic rings. The van der Waals surface area contributed by atoms with Crippen LogP contribution in [0.1, 0.15) is 37.9 Å². The first-order valence-corrected chi connectivity index (χ1v) is 6.65. The molecule has 0 saturated carbocycles. The molecule has 0 spiro atoms. The second-order valence-corrected chi connectivity index (χ2v) is 5.79. The minimum Gasteiger partial charge on any atom is -0.325 e. The number of nitrogens with one attached hydrogen (secondary N) is 1. The van der Waals surface area contributed by atoms with Gasteiger partial charge in [-0.25, -0.2) is 0 Å². The molecule has 0 radical (unpaired) electrons. The van der Waals surface area contributed by atoms with Crippen LogP contribution in [0.15, 0.2) is 12.1 Å². The highest BCUT2D eigenvalue weighted by Gasteiger charge is 2.24. The maximum atomic E-state index is 11.3. The number of fused-ring (bicyclic) bond motifs is 1. The molecule has 1 heterocycles. The third-order valence-electron chi connectivity index (χ3n) is 3.82. The molecule has 0 aromatic heterocycles. The molecule has 3 N–H and O–H groups in total. The molecule has 0 bridgehead atoms. The van der Waals surface area contributed by atoms with Crippen LogP contribution in [-0.2, 0) is 11.2 Å². The van der Waals surface area contributed by atoms with Crippen LogP contribution in [0.2, 0.25) is 5.02 Å². The standard InChI is InChI=1S/C14H19ClN2O/c1-7(2)8(3)14(16)10-4-9-5-13(18)17-12(9)6-11(10)15/h4,6-8,14H,5,16H2,1-3H3,(H,17,18). The van der Waals surface area contributed by atoms with Gasteiger partial charge in [-0.15, -0.1) is 0 Å². The average molecular weight is 267 g/mol. The molecule has 1 amide bonds. The number of halogens is 1. The van der Waals surface area contributed by atoms with Crippen molar-refractivity contribution >= 4 is 23.2 Å². The number of anilines is 1. The van der Waals surface area contributed by atoms with Gasteiger partial charge in [-0.1, -0.05) is 38.4 Å². The highest BCUT2D eigenvalue weighted by atomic mass is 35.5. The molecule has 2 unspecified atom stereocenters. The first-order chi connectivity index (χ1) is 8.40. The monoisotopic (exact) mass is 266 g/mol. The summed E-state index contributed by atoms with van der Waals surface area (Å²) in [6.07, 6.45) is 0.419. The lowest BCUT2D eigenvalue weighted by Crippen LogP contribution is -2.23. The van der Waals surface area contributed by atoms with Gasteiger partial charge in [-0.2, -0.15) is 0 Å². The normalized spacial score (nSPS) is 17.6. The minimum atomic E-state index is -0.0986. The summed E-state index contributed by atoms with van der Waals surface area (Å²) in [5.74, 6) is 0.846. The lowest BCUT2D eigenvalue weighted by Gasteiger charge is -2.25. The van der Waals surface area contributed by atoms with Gasteiger partial charge in [0.2, 0.25) is 5.91 Å². The van der Waals surface area contributed by atoms with E-state index in [2.05, 4.69) is 26.1 Å². The quantitative estimate of drug-likeness (QED) is 0.883. The van der Waals surface area contributed by atoms with Crippen LogP contribution >= 0.6 is 11.6 Å². The van der Waals surface area contributed by atoms with E-state index in [0.717, 1.165) is 16.8 Å². The van der Waals surface area contributed by atoms with Crippen LogP contribution in [0.3, 0.4) is 0 Å². The Labute approximate surface area is 113 Å². The van der Waals surface area contributed by atoms with E-state index in [1.807, 2.05) is 12.1 Å². The summed E-state index contributed by atoms with van der Waals surface area (Å²) < 4.78 is 0. The Balaban J connectivity index is 2.35. The van der Waals surface area contributed by atoms with Crippen LogP contribution in [0.4, 0.5) is 5.69 Å². The molecule has 0 saturated heterocycles. The Kier molecular flexibility index (Phi) is 3.64. The highest BCUT2D eigenvalue weighted by molar-refractivity contribution is 6.32. The van der Waals surface area contributed by atoms with Crippen LogP contribution in [0.25, 0.3) is 0 Å². The Morgan fingerprint density at radius 3 is 2.61 bits per heavy atom. The van der Waals surface area contributed by atoms with E-state index >= 15 is 0 Å². The maximum Gasteiger partial charge on any atom is 0.228 e. The lowest BCUT2D eigenvalue weighted by molar-refractivity contribution is -0.115. The molecule has 0 aliphatic carbocycles. The molecule has 98 valence electrons. The minimum absolute atomic E-state index is 0.0173. The molecule has 1 aliphatic rings. The number of rotatable bonds is 3. The Morgan fingerprint density at radius 2 is 2.00 bits per heavy atom. The van der Waals surface area contributed by atoms with Crippen molar-refractivity contribution < 1.29 is 4.79 Å². The lowest BCUT2D eigenvalue weighted by atomic mass is 9.86. The number of amides is 1. The Hall–Kier alpha value is -1.06. The molecule has 2 atom stereocenters. The molecular formula is C14H19ClN2O. The van der Waals surface area contributed by atoms with Crippen molar-refractivity contribution in [1.82, 2.24) is 0 Å². The summed E-state index contributed by atoms with van der Waals surface area (Å²) in [6, 6.07) is 3.68. The maximum absolute atomic E-state index is 11.3. The fourth-order valence-electron chi connectivity index (χ4n) is 2.22. The fourth-order valence-corrected chi connectivity index (χ4v) is 2.51. The molecule has 18 heavy (non-hydrogen) atoms. The zero-order valence-electron chi connectivity index (χ0n) is 11.0. The van der Waals surface area contributed by atoms with Gasteiger partial charge in [0, 0.05) is 16.8 Å². The van der Waals surface area contributed by atoms with Gasteiger partial charge in [0.25, 0.3) is 0 Å². The Bertz CT molecular complexity index is 485. The van der Waals surface area contributed by atoms with E-state index in [1.165, 1.54) is 0 Å². The highest BCUT2D eigenvalue weighted by Crippen LogP contribution is 2.35. The zero-order valence-corrected chi connectivity index (χ0v) is 11.7. The van der Waals surface area contributed by atoms with E-state index in [0.29, 0.717) is 23.3 Å². The van der Waals surface area contributed by atoms with Crippen molar-refractivity contribution in [2.45, 2.75) is 33.2 Å². The molecule has 1 aromatic carbocycles. The number of hydrogen-bond donors (Lipinski definition) is 2. The molecule has 2 rings (SSSR count). The predicted molar refractivity (Wildman–Crippen MR) is 74.7 cm³/mol. The average Bonchev–Trinajstić information content (AvgIpc) is 2.65. The number of hydrogen-bond acceptors (Lipinski definition) is 2. The van der Waals surface area contributed by atoms with Crippen LogP contribution in [-0.4, -0.2) is 5.91 Å². The van der Waals surface area contributed by atoms with E-state index in [4.69, 9.17) is 17.3 Å². The predicted octanol–water partition coefficient (Wildman–Crippen LogP) is 3.13. The van der Waals surface area contributed by atoms with Crippen LogP contribution < -0.4 is 11.1 Å². The summed E-state index contributed by atoms with van der Waals surface area (Å²) in [4.78, 5) is 11.3. The topological polar surface area (TPSA) is 55.1 Å². The van der Waals surface area contributed by atoms with Gasteiger partial charge in [0.15, 0.2) is 0 Å². The van der Waals surface area contributed by atoms with Crippen molar-refractivity contribution in [2.24, 2.45) is 17.6 Å². The molecule has 0 fully saturated rings. The van der Waals surface area contributed by atoms with Crippen molar-refractivity contribution in [3.05, 3.63) is 28.3 Å². The van der Waals surface area contributed by atoms with Crippen LogP contribution in [0, 0.1) is 11.8 Å². The fraction of sp³-hybridized carbons (Fsp3) is 0.500. The van der Waals surface area contributed by atoms with E-state index in [9.17, 15) is 4.79 Å². The van der Waals surface area contributed by atoms with Crippen molar-refractivity contribution in [1.29, 1.82) is 0 Å². The van der Waals surface area contributed by atoms with Crippen molar-refractivity contribution in [3.8, 4) is 0 Å². The number of benzene rings is 1. The second kappa shape index (κ2) is 4.90. The Morgan fingerprint density at radius 1 is 1.33 bits per heavy atom. The SMILES string of the molecule is CC(C)C(C)C(N)c1cc2c(cc1Cl)NC(=O)C2. The van der Waals surface area contributed by atoms with E-state index < -0.39 is 0 Å². The third-order valence-corrected chi connectivity index (χ3v) is 4.15. The second-order valence-electron chi connectivity index (χ2n) is 5.38. The van der Waals surface area contributed by atoms with Crippen LogP contribution in [0.5, 0.6) is 0 Å². The van der Waals surface area contributed by atoms with Gasteiger partial charge in [-0.05, 0) is 29.0 Å². The smallest absolute Gasteiger partial charge is 0.228 e. The summed E-state index contributed by atoms with van der Waals surface area (Å²) in [6.45, 7) is 6.43. The number of carbonyl (C=O) groups excluding carboxylic acids is 1. The summed E-state index contributed by atoms with van der Waals surface area (Å²) in [5.41, 5.74) is 9.03. The van der Waals surface area contributed by atoms with Gasteiger partial charge < -0.3 is 11.1 Å². The van der Waals surface area contributed by atoms with E-state index in [1.54, 1.807) is 0 Å². The molecule has 3 nitrogen and oxygen atoms in total. The van der Waals surface area contributed by atoms with Gasteiger partial charge >= 0.3 is 0 Å². The largest absolute Gasteiger partial charge is 0.325 e. The summed E-state index contributed by atoms with van der Waals surface area (Å²) >= 11 is 6.27. The van der Waals surface area contributed by atoms with Gasteiger partial charge in [0.05, 0.1) is 6.42 Å². The molecule has 4 heteroatoms. The van der Waals surface area contributed by atoms with Crippen molar-refractivity contribution in [2.75, 3.05) is 5.32 Å². The summed E-state index contributed by atoms with van der Waals surface area (Å²) in [7, 11) is 0. The van der Waals surface area contributed by atoms with Gasteiger partial charge in [-0.3, -0.25) is 4.79 Å². The molecular weight excluding hydrogens is 248 g/mol. The molecule has 1 aliphatic heterocycles. The number of carbonyl (C=O) groups is 1.